The van der Waals surface area contributed by atoms with Crippen molar-refractivity contribution in [2.75, 3.05) is 0 Å². The monoisotopic (exact) mass is 206 g/mol. The Kier molecular flexibility index (Phi) is 2.82. The van der Waals surface area contributed by atoms with E-state index in [-0.39, 0.29) is 6.04 Å². The predicted octanol–water partition coefficient (Wildman–Crippen LogP) is 1.56. The van der Waals surface area contributed by atoms with Crippen molar-refractivity contribution in [1.29, 1.82) is 0 Å². The predicted molar refractivity (Wildman–Crippen MR) is 55.1 cm³/mol. The maximum absolute atomic E-state index is 5.42. The zero-order chi connectivity index (χ0) is 10.7. The van der Waals surface area contributed by atoms with Gasteiger partial charge in [-0.25, -0.2) is 4.98 Å². The zero-order valence-corrected chi connectivity index (χ0v) is 8.82. The normalized spacial score (nSPS) is 12.9. The van der Waals surface area contributed by atoms with E-state index in [4.69, 9.17) is 4.42 Å². The smallest absolute Gasteiger partial charge is 0.211 e. The van der Waals surface area contributed by atoms with Gasteiger partial charge >= 0.3 is 0 Å². The van der Waals surface area contributed by atoms with Crippen LogP contribution in [0, 0.1) is 6.92 Å². The lowest BCUT2D eigenvalue weighted by molar-refractivity contribution is 0.401. The lowest BCUT2D eigenvalue weighted by Crippen LogP contribution is -2.18. The molecule has 2 rings (SSSR count). The second kappa shape index (κ2) is 4.27. The highest BCUT2D eigenvalue weighted by Gasteiger charge is 2.10. The van der Waals surface area contributed by atoms with Gasteiger partial charge in [-0.15, -0.1) is 0 Å². The number of aryl methyl sites for hydroxylation is 1. The first-order chi connectivity index (χ1) is 7.25. The molecule has 5 nitrogen and oxygen atoms in total. The molecular weight excluding hydrogens is 192 g/mol. The van der Waals surface area contributed by atoms with Crippen LogP contribution in [0.1, 0.15) is 30.3 Å². The number of nitrogens with one attached hydrogen (secondary N) is 2. The minimum atomic E-state index is 0.0991. The van der Waals surface area contributed by atoms with Crippen molar-refractivity contribution >= 4 is 0 Å². The van der Waals surface area contributed by atoms with E-state index in [0.717, 1.165) is 18.0 Å². The van der Waals surface area contributed by atoms with Gasteiger partial charge in [0, 0.05) is 18.4 Å². The summed E-state index contributed by atoms with van der Waals surface area (Å²) in [5.41, 5.74) is 1.05. The van der Waals surface area contributed by atoms with Gasteiger partial charge in [0.1, 0.15) is 5.76 Å². The van der Waals surface area contributed by atoms with Crippen molar-refractivity contribution in [3.8, 4) is 0 Å². The van der Waals surface area contributed by atoms with Gasteiger partial charge in [-0.2, -0.15) is 5.10 Å². The van der Waals surface area contributed by atoms with Crippen LogP contribution in [0.15, 0.2) is 22.9 Å². The van der Waals surface area contributed by atoms with E-state index in [0.29, 0.717) is 5.89 Å². The van der Waals surface area contributed by atoms with Crippen LogP contribution in [0.3, 0.4) is 0 Å². The molecule has 0 aliphatic carbocycles. The molecule has 0 spiro atoms. The second-order valence-electron chi connectivity index (χ2n) is 3.49. The van der Waals surface area contributed by atoms with Gasteiger partial charge in [0.05, 0.1) is 12.2 Å². The molecule has 5 heteroatoms. The largest absolute Gasteiger partial charge is 0.444 e. The summed E-state index contributed by atoms with van der Waals surface area (Å²) in [6.07, 6.45) is 3.46. The standard InChI is InChI=1S/C10H14N4O/c1-7-5-12-10(15-7)8(2)11-6-9-3-4-13-14-9/h3-5,8,11H,6H2,1-2H3,(H,13,14). The number of hydrogen-bond donors (Lipinski definition) is 2. The highest BCUT2D eigenvalue weighted by atomic mass is 16.4. The number of aromatic nitrogens is 3. The molecule has 15 heavy (non-hydrogen) atoms. The van der Waals surface area contributed by atoms with E-state index in [1.54, 1.807) is 12.4 Å². The minimum absolute atomic E-state index is 0.0991. The van der Waals surface area contributed by atoms with Crippen molar-refractivity contribution in [2.24, 2.45) is 0 Å². The van der Waals surface area contributed by atoms with E-state index in [2.05, 4.69) is 20.5 Å². The topological polar surface area (TPSA) is 66.7 Å². The minimum Gasteiger partial charge on any atom is -0.444 e. The molecule has 0 saturated heterocycles. The summed E-state index contributed by atoms with van der Waals surface area (Å²) in [5.74, 6) is 1.55. The van der Waals surface area contributed by atoms with Crippen LogP contribution in [-0.2, 0) is 6.54 Å². The Hall–Kier alpha value is -1.62. The Morgan fingerprint density at radius 3 is 3.07 bits per heavy atom. The van der Waals surface area contributed by atoms with Gasteiger partial charge < -0.3 is 9.73 Å². The number of H-pyrrole nitrogens is 1. The molecule has 0 saturated carbocycles. The molecular formula is C10H14N4O. The van der Waals surface area contributed by atoms with Gasteiger partial charge in [0.25, 0.3) is 0 Å². The Bertz CT molecular complexity index is 407. The van der Waals surface area contributed by atoms with E-state index < -0.39 is 0 Å². The zero-order valence-electron chi connectivity index (χ0n) is 8.82. The Morgan fingerprint density at radius 2 is 2.47 bits per heavy atom. The average molecular weight is 206 g/mol. The second-order valence-corrected chi connectivity index (χ2v) is 3.49. The summed E-state index contributed by atoms with van der Waals surface area (Å²) in [6.45, 7) is 4.63. The van der Waals surface area contributed by atoms with Gasteiger partial charge in [-0.3, -0.25) is 5.10 Å². The van der Waals surface area contributed by atoms with E-state index in [1.165, 1.54) is 0 Å². The Balaban J connectivity index is 1.90. The van der Waals surface area contributed by atoms with Crippen LogP contribution in [0.5, 0.6) is 0 Å². The molecule has 0 amide bonds. The third-order valence-electron chi connectivity index (χ3n) is 2.17. The number of nitrogens with zero attached hydrogens (tertiary/aromatic N) is 2. The lowest BCUT2D eigenvalue weighted by atomic mass is 10.3. The molecule has 2 aromatic heterocycles. The summed E-state index contributed by atoms with van der Waals surface area (Å²) in [6, 6.07) is 2.03. The number of hydrogen-bond acceptors (Lipinski definition) is 4. The van der Waals surface area contributed by atoms with Crippen LogP contribution in [0.4, 0.5) is 0 Å². The molecule has 0 bridgehead atoms. The quantitative estimate of drug-likeness (QED) is 0.796. The van der Waals surface area contributed by atoms with Crippen LogP contribution < -0.4 is 5.32 Å². The molecule has 1 unspecified atom stereocenters. The molecule has 0 aliphatic heterocycles. The maximum Gasteiger partial charge on any atom is 0.211 e. The highest BCUT2D eigenvalue weighted by Crippen LogP contribution is 2.12. The van der Waals surface area contributed by atoms with Crippen LogP contribution >= 0.6 is 0 Å². The first kappa shape index (κ1) is 9.92. The number of rotatable bonds is 4. The van der Waals surface area contributed by atoms with Gasteiger partial charge in [-0.1, -0.05) is 0 Å². The first-order valence-corrected chi connectivity index (χ1v) is 4.89. The van der Waals surface area contributed by atoms with Crippen LogP contribution in [0.2, 0.25) is 0 Å². The molecule has 2 aromatic rings. The molecule has 2 N–H and O–H groups in total. The van der Waals surface area contributed by atoms with E-state index >= 15 is 0 Å². The summed E-state index contributed by atoms with van der Waals surface area (Å²) < 4.78 is 5.42. The van der Waals surface area contributed by atoms with Crippen molar-refractivity contribution in [1.82, 2.24) is 20.5 Å². The van der Waals surface area contributed by atoms with Gasteiger partial charge in [0.15, 0.2) is 0 Å². The summed E-state index contributed by atoms with van der Waals surface area (Å²) in [4.78, 5) is 4.16. The molecule has 0 aliphatic rings. The Morgan fingerprint density at radius 1 is 1.60 bits per heavy atom. The number of aromatic amines is 1. The van der Waals surface area contributed by atoms with Crippen molar-refractivity contribution in [2.45, 2.75) is 26.4 Å². The molecule has 80 valence electrons. The third-order valence-corrected chi connectivity index (χ3v) is 2.17. The molecule has 0 fully saturated rings. The lowest BCUT2D eigenvalue weighted by Gasteiger charge is -2.08. The summed E-state index contributed by atoms with van der Waals surface area (Å²) in [5, 5.41) is 10.0. The fraction of sp³-hybridized carbons (Fsp3) is 0.400. The SMILES string of the molecule is Cc1cnc(C(C)NCc2ccn[nH]2)o1. The fourth-order valence-corrected chi connectivity index (χ4v) is 1.31. The van der Waals surface area contributed by atoms with Crippen molar-refractivity contribution < 1.29 is 4.42 Å². The van der Waals surface area contributed by atoms with E-state index in [1.807, 2.05) is 19.9 Å². The summed E-state index contributed by atoms with van der Waals surface area (Å²) in [7, 11) is 0. The highest BCUT2D eigenvalue weighted by molar-refractivity contribution is 4.99. The molecule has 1 atom stereocenters. The van der Waals surface area contributed by atoms with Crippen molar-refractivity contribution in [3.05, 3.63) is 35.8 Å². The third kappa shape index (κ3) is 2.44. The fourth-order valence-electron chi connectivity index (χ4n) is 1.31. The van der Waals surface area contributed by atoms with Gasteiger partial charge in [-0.05, 0) is 19.9 Å². The summed E-state index contributed by atoms with van der Waals surface area (Å²) >= 11 is 0. The average Bonchev–Trinajstić information content (AvgIpc) is 2.84. The molecule has 0 aromatic carbocycles. The number of oxazole rings is 1. The molecule has 0 radical (unpaired) electrons. The first-order valence-electron chi connectivity index (χ1n) is 4.89. The Labute approximate surface area is 87.9 Å². The van der Waals surface area contributed by atoms with Gasteiger partial charge in [0.2, 0.25) is 5.89 Å². The molecule has 2 heterocycles. The maximum atomic E-state index is 5.42. The van der Waals surface area contributed by atoms with Crippen LogP contribution in [0.25, 0.3) is 0 Å². The van der Waals surface area contributed by atoms with Crippen LogP contribution in [-0.4, -0.2) is 15.2 Å². The van der Waals surface area contributed by atoms with Crippen molar-refractivity contribution in [3.63, 3.8) is 0 Å². The van der Waals surface area contributed by atoms with E-state index in [9.17, 15) is 0 Å².